The van der Waals surface area contributed by atoms with E-state index in [4.69, 9.17) is 4.98 Å². The minimum absolute atomic E-state index is 0.165. The highest BCUT2D eigenvalue weighted by molar-refractivity contribution is 6.05. The van der Waals surface area contributed by atoms with Crippen LogP contribution in [0.1, 0.15) is 55.4 Å². The normalized spacial score (nSPS) is 19.9. The van der Waals surface area contributed by atoms with E-state index in [1.165, 1.54) is 25.7 Å². The SMILES string of the molecule is O=C(CC1CCNCC1)c1[nH]nc2nc(N3CCCCCC3)ccc12. The van der Waals surface area contributed by atoms with E-state index < -0.39 is 0 Å². The Morgan fingerprint density at radius 1 is 1.12 bits per heavy atom. The number of hydrogen-bond acceptors (Lipinski definition) is 5. The van der Waals surface area contributed by atoms with Gasteiger partial charge in [0.15, 0.2) is 11.4 Å². The highest BCUT2D eigenvalue weighted by Crippen LogP contribution is 2.24. The fourth-order valence-corrected chi connectivity index (χ4v) is 4.03. The summed E-state index contributed by atoms with van der Waals surface area (Å²) in [6.45, 7) is 4.15. The van der Waals surface area contributed by atoms with E-state index in [-0.39, 0.29) is 5.78 Å². The van der Waals surface area contributed by atoms with Gasteiger partial charge in [-0.3, -0.25) is 9.89 Å². The van der Waals surface area contributed by atoms with Crippen LogP contribution in [-0.2, 0) is 0 Å². The van der Waals surface area contributed by atoms with Gasteiger partial charge in [0.1, 0.15) is 11.5 Å². The van der Waals surface area contributed by atoms with Crippen LogP contribution in [0, 0.1) is 5.92 Å². The molecule has 2 aromatic rings. The summed E-state index contributed by atoms with van der Waals surface area (Å²) in [5.41, 5.74) is 1.29. The topological polar surface area (TPSA) is 73.9 Å². The fourth-order valence-electron chi connectivity index (χ4n) is 4.03. The minimum Gasteiger partial charge on any atom is -0.357 e. The molecule has 2 aliphatic heterocycles. The van der Waals surface area contributed by atoms with Gasteiger partial charge in [-0.2, -0.15) is 5.10 Å². The number of fused-ring (bicyclic) bond motifs is 1. The van der Waals surface area contributed by atoms with Crippen LogP contribution < -0.4 is 10.2 Å². The first-order chi connectivity index (χ1) is 12.3. The molecule has 2 aromatic heterocycles. The fraction of sp³-hybridized carbons (Fsp3) is 0.632. The predicted octanol–water partition coefficient (Wildman–Crippen LogP) is 2.91. The molecule has 0 saturated carbocycles. The molecule has 4 rings (SSSR count). The van der Waals surface area contributed by atoms with E-state index in [1.807, 2.05) is 12.1 Å². The van der Waals surface area contributed by atoms with E-state index in [9.17, 15) is 4.79 Å². The Morgan fingerprint density at radius 2 is 1.88 bits per heavy atom. The molecule has 0 amide bonds. The average molecular weight is 341 g/mol. The number of nitrogens with one attached hydrogen (secondary N) is 2. The lowest BCUT2D eigenvalue weighted by Crippen LogP contribution is -2.29. The maximum Gasteiger partial charge on any atom is 0.183 e. The summed E-state index contributed by atoms with van der Waals surface area (Å²) in [4.78, 5) is 19.7. The second-order valence-corrected chi connectivity index (χ2v) is 7.36. The molecule has 134 valence electrons. The monoisotopic (exact) mass is 341 g/mol. The highest BCUT2D eigenvalue weighted by atomic mass is 16.1. The quantitative estimate of drug-likeness (QED) is 0.837. The van der Waals surface area contributed by atoms with Crippen LogP contribution in [0.4, 0.5) is 5.82 Å². The maximum absolute atomic E-state index is 12.7. The van der Waals surface area contributed by atoms with Gasteiger partial charge in [-0.1, -0.05) is 12.8 Å². The Hall–Kier alpha value is -1.95. The van der Waals surface area contributed by atoms with Crippen molar-refractivity contribution in [3.05, 3.63) is 17.8 Å². The van der Waals surface area contributed by atoms with Gasteiger partial charge in [-0.05, 0) is 56.8 Å². The zero-order valence-electron chi connectivity index (χ0n) is 14.8. The number of Topliss-reactive ketones (excluding diaryl/α,β-unsaturated/α-hetero) is 1. The van der Waals surface area contributed by atoms with Gasteiger partial charge in [0.25, 0.3) is 0 Å². The van der Waals surface area contributed by atoms with Crippen molar-refractivity contribution in [1.29, 1.82) is 0 Å². The molecule has 0 atom stereocenters. The number of hydrogen-bond donors (Lipinski definition) is 2. The number of pyridine rings is 1. The number of aromatic nitrogens is 3. The molecular weight excluding hydrogens is 314 g/mol. The Kier molecular flexibility index (Phi) is 4.97. The molecule has 0 unspecified atom stereocenters. The van der Waals surface area contributed by atoms with Crippen molar-refractivity contribution in [3.8, 4) is 0 Å². The first kappa shape index (κ1) is 16.5. The zero-order chi connectivity index (χ0) is 17.1. The van der Waals surface area contributed by atoms with Gasteiger partial charge in [0, 0.05) is 24.9 Å². The van der Waals surface area contributed by atoms with Gasteiger partial charge in [0.05, 0.1) is 0 Å². The maximum atomic E-state index is 12.7. The first-order valence-corrected chi connectivity index (χ1v) is 9.65. The number of carbonyl (C=O) groups is 1. The van der Waals surface area contributed by atoms with E-state index in [1.54, 1.807) is 0 Å². The van der Waals surface area contributed by atoms with E-state index in [2.05, 4.69) is 20.4 Å². The highest BCUT2D eigenvalue weighted by Gasteiger charge is 2.21. The minimum atomic E-state index is 0.165. The lowest BCUT2D eigenvalue weighted by atomic mass is 9.91. The van der Waals surface area contributed by atoms with Crippen LogP contribution in [0.3, 0.4) is 0 Å². The third-order valence-electron chi connectivity index (χ3n) is 5.55. The molecule has 2 N–H and O–H groups in total. The molecular formula is C19H27N5O. The number of piperidine rings is 1. The Morgan fingerprint density at radius 3 is 2.64 bits per heavy atom. The average Bonchev–Trinajstić information content (AvgIpc) is 2.87. The third-order valence-corrected chi connectivity index (χ3v) is 5.55. The van der Waals surface area contributed by atoms with Crippen molar-refractivity contribution in [2.45, 2.75) is 44.9 Å². The number of carbonyl (C=O) groups excluding carboxylic acids is 1. The van der Waals surface area contributed by atoms with Gasteiger partial charge in [-0.25, -0.2) is 4.98 Å². The van der Waals surface area contributed by atoms with Crippen molar-refractivity contribution in [1.82, 2.24) is 20.5 Å². The number of H-pyrrole nitrogens is 1. The molecule has 6 nitrogen and oxygen atoms in total. The second-order valence-electron chi connectivity index (χ2n) is 7.36. The number of rotatable bonds is 4. The Balaban J connectivity index is 1.52. The molecule has 0 radical (unpaired) electrons. The summed E-state index contributed by atoms with van der Waals surface area (Å²) in [7, 11) is 0. The van der Waals surface area contributed by atoms with Crippen LogP contribution in [0.15, 0.2) is 12.1 Å². The van der Waals surface area contributed by atoms with Crippen molar-refractivity contribution in [3.63, 3.8) is 0 Å². The molecule has 2 fully saturated rings. The Bertz CT molecular complexity index is 726. The van der Waals surface area contributed by atoms with Crippen LogP contribution in [0.25, 0.3) is 11.0 Å². The second kappa shape index (κ2) is 7.52. The van der Waals surface area contributed by atoms with Gasteiger partial charge in [-0.15, -0.1) is 0 Å². The third kappa shape index (κ3) is 3.68. The van der Waals surface area contributed by atoms with E-state index in [0.717, 1.165) is 50.2 Å². The molecule has 6 heteroatoms. The van der Waals surface area contributed by atoms with Crippen molar-refractivity contribution >= 4 is 22.6 Å². The summed E-state index contributed by atoms with van der Waals surface area (Å²) in [6, 6.07) is 4.06. The Labute approximate surface area is 148 Å². The first-order valence-electron chi connectivity index (χ1n) is 9.65. The van der Waals surface area contributed by atoms with Crippen LogP contribution in [-0.4, -0.2) is 47.1 Å². The number of nitrogens with zero attached hydrogens (tertiary/aromatic N) is 3. The molecule has 25 heavy (non-hydrogen) atoms. The van der Waals surface area contributed by atoms with Gasteiger partial charge >= 0.3 is 0 Å². The summed E-state index contributed by atoms with van der Waals surface area (Å²) in [5, 5.41) is 11.5. The summed E-state index contributed by atoms with van der Waals surface area (Å²) in [6.07, 6.45) is 7.81. The molecule has 2 aliphatic rings. The van der Waals surface area contributed by atoms with Crippen molar-refractivity contribution < 1.29 is 4.79 Å². The van der Waals surface area contributed by atoms with E-state index in [0.29, 0.717) is 23.7 Å². The largest absolute Gasteiger partial charge is 0.357 e. The molecule has 4 heterocycles. The van der Waals surface area contributed by atoms with E-state index >= 15 is 0 Å². The predicted molar refractivity (Wildman–Crippen MR) is 99.1 cm³/mol. The lowest BCUT2D eigenvalue weighted by Gasteiger charge is -2.21. The number of ketones is 1. The van der Waals surface area contributed by atoms with Gasteiger partial charge < -0.3 is 10.2 Å². The van der Waals surface area contributed by atoms with Crippen LogP contribution in [0.2, 0.25) is 0 Å². The number of anilines is 1. The van der Waals surface area contributed by atoms with Gasteiger partial charge in [0.2, 0.25) is 0 Å². The van der Waals surface area contributed by atoms with Crippen molar-refractivity contribution in [2.24, 2.45) is 5.92 Å². The summed E-state index contributed by atoms with van der Waals surface area (Å²) < 4.78 is 0. The smallest absolute Gasteiger partial charge is 0.183 e. The molecule has 0 spiro atoms. The molecule has 0 bridgehead atoms. The summed E-state index contributed by atoms with van der Waals surface area (Å²) >= 11 is 0. The standard InChI is InChI=1S/C19H27N5O/c25-16(13-14-7-9-20-10-8-14)18-15-5-6-17(21-19(15)23-22-18)24-11-3-1-2-4-12-24/h5-6,14,20H,1-4,7-13H2,(H,21,22,23). The van der Waals surface area contributed by atoms with Crippen LogP contribution >= 0.6 is 0 Å². The van der Waals surface area contributed by atoms with Crippen LogP contribution in [0.5, 0.6) is 0 Å². The lowest BCUT2D eigenvalue weighted by molar-refractivity contribution is 0.0949. The molecule has 0 aliphatic carbocycles. The number of aromatic amines is 1. The molecule has 2 saturated heterocycles. The zero-order valence-corrected chi connectivity index (χ0v) is 14.8. The summed E-state index contributed by atoms with van der Waals surface area (Å²) in [5.74, 6) is 1.63. The van der Waals surface area contributed by atoms with Crippen molar-refractivity contribution in [2.75, 3.05) is 31.1 Å². The molecule has 0 aromatic carbocycles.